The van der Waals surface area contributed by atoms with Crippen LogP contribution in [0, 0.1) is 0 Å². The fourth-order valence-electron chi connectivity index (χ4n) is 4.97. The first-order chi connectivity index (χ1) is 16.7. The first-order valence-corrected chi connectivity index (χ1v) is 11.7. The number of dihydropyridines is 1. The predicted molar refractivity (Wildman–Crippen MR) is 131 cm³/mol. The average molecular weight is 478 g/mol. The van der Waals surface area contributed by atoms with E-state index in [1.165, 1.54) is 0 Å². The van der Waals surface area contributed by atoms with Crippen LogP contribution in [0.5, 0.6) is 17.2 Å². The average Bonchev–Trinajstić information content (AvgIpc) is 2.82. The Morgan fingerprint density at radius 3 is 2.43 bits per heavy atom. The van der Waals surface area contributed by atoms with Crippen molar-refractivity contribution in [1.29, 1.82) is 0 Å². The van der Waals surface area contributed by atoms with E-state index in [1.54, 1.807) is 46.3 Å². The van der Waals surface area contributed by atoms with Crippen LogP contribution in [0.2, 0.25) is 0 Å². The van der Waals surface area contributed by atoms with Gasteiger partial charge in [-0.2, -0.15) is 0 Å². The standard InChI is InChI=1S/C28H31NO6/c1-15(2)35-28(32)25-16(3)29-21-12-19(17-9-10-23(33-4)24(14-17)34-5)13-22(31)27(21)26(25)18-7-6-8-20(30)11-18/h6-11,14-15,19,26,29-30H,12-13H2,1-5H3/t19-,26-/m1/s1. The lowest BCUT2D eigenvalue weighted by Gasteiger charge is -2.37. The highest BCUT2D eigenvalue weighted by atomic mass is 16.5. The number of aromatic hydroxyl groups is 1. The first-order valence-electron chi connectivity index (χ1n) is 11.7. The third-order valence-electron chi connectivity index (χ3n) is 6.47. The van der Waals surface area contributed by atoms with Crippen molar-refractivity contribution in [3.63, 3.8) is 0 Å². The molecule has 0 amide bonds. The molecule has 0 saturated carbocycles. The van der Waals surface area contributed by atoms with Gasteiger partial charge in [0.05, 0.1) is 25.9 Å². The van der Waals surface area contributed by atoms with Gasteiger partial charge in [0.2, 0.25) is 0 Å². The SMILES string of the molecule is COc1ccc([C@H]2CC(=O)C3=C(C2)NC(C)=C(C(=O)OC(C)C)[C@H]3c2cccc(O)c2)cc1OC. The Morgan fingerprint density at radius 2 is 1.77 bits per heavy atom. The van der Waals surface area contributed by atoms with Gasteiger partial charge in [-0.3, -0.25) is 4.79 Å². The van der Waals surface area contributed by atoms with Gasteiger partial charge in [0.15, 0.2) is 17.3 Å². The summed E-state index contributed by atoms with van der Waals surface area (Å²) in [5.74, 6) is 0.114. The number of esters is 1. The smallest absolute Gasteiger partial charge is 0.337 e. The zero-order valence-electron chi connectivity index (χ0n) is 20.7. The lowest BCUT2D eigenvalue weighted by Crippen LogP contribution is -2.36. The fourth-order valence-corrected chi connectivity index (χ4v) is 4.97. The molecule has 7 nitrogen and oxygen atoms in total. The molecule has 0 spiro atoms. The van der Waals surface area contributed by atoms with Gasteiger partial charge >= 0.3 is 5.97 Å². The molecule has 0 unspecified atom stereocenters. The van der Waals surface area contributed by atoms with Crippen molar-refractivity contribution in [2.45, 2.75) is 51.6 Å². The van der Waals surface area contributed by atoms with Gasteiger partial charge in [0.25, 0.3) is 0 Å². The molecule has 1 aliphatic carbocycles. The molecule has 4 rings (SSSR count). The number of carbonyl (C=O) groups excluding carboxylic acids is 2. The Labute approximate surface area is 205 Å². The quantitative estimate of drug-likeness (QED) is 0.581. The molecule has 184 valence electrons. The maximum absolute atomic E-state index is 13.7. The highest BCUT2D eigenvalue weighted by Crippen LogP contribution is 2.46. The topological polar surface area (TPSA) is 94.1 Å². The van der Waals surface area contributed by atoms with Crippen molar-refractivity contribution in [2.24, 2.45) is 0 Å². The second kappa shape index (κ2) is 9.86. The van der Waals surface area contributed by atoms with Gasteiger partial charge in [0.1, 0.15) is 5.75 Å². The molecule has 0 bridgehead atoms. The summed E-state index contributed by atoms with van der Waals surface area (Å²) in [6.07, 6.45) is 0.576. The second-order valence-corrected chi connectivity index (χ2v) is 9.18. The van der Waals surface area contributed by atoms with Gasteiger partial charge in [-0.25, -0.2) is 4.79 Å². The highest BCUT2D eigenvalue weighted by molar-refractivity contribution is 6.04. The van der Waals surface area contributed by atoms with Crippen molar-refractivity contribution in [1.82, 2.24) is 5.32 Å². The van der Waals surface area contributed by atoms with Crippen LogP contribution in [0.3, 0.4) is 0 Å². The minimum atomic E-state index is -0.622. The van der Waals surface area contributed by atoms with Gasteiger partial charge in [-0.05, 0) is 68.5 Å². The third-order valence-corrected chi connectivity index (χ3v) is 6.47. The van der Waals surface area contributed by atoms with E-state index >= 15 is 0 Å². The zero-order valence-corrected chi connectivity index (χ0v) is 20.7. The number of Topliss-reactive ketones (excluding diaryl/α,β-unsaturated/α-hetero) is 1. The lowest BCUT2D eigenvalue weighted by atomic mass is 9.71. The molecule has 0 aromatic heterocycles. The van der Waals surface area contributed by atoms with E-state index in [-0.39, 0.29) is 30.0 Å². The number of phenols is 1. The third kappa shape index (κ3) is 4.76. The Kier molecular flexibility index (Phi) is 6.87. The van der Waals surface area contributed by atoms with Crippen LogP contribution in [0.4, 0.5) is 0 Å². The Hall–Kier alpha value is -3.74. The molecule has 7 heteroatoms. The molecular weight excluding hydrogens is 446 g/mol. The summed E-state index contributed by atoms with van der Waals surface area (Å²) < 4.78 is 16.3. The summed E-state index contributed by atoms with van der Waals surface area (Å²) in [7, 11) is 3.17. The molecule has 0 radical (unpaired) electrons. The molecule has 2 atom stereocenters. The zero-order chi connectivity index (χ0) is 25.3. The number of ether oxygens (including phenoxy) is 3. The van der Waals surface area contributed by atoms with Crippen LogP contribution in [0.15, 0.2) is 65.0 Å². The Balaban J connectivity index is 1.77. The normalized spacial score (nSPS) is 19.9. The van der Waals surface area contributed by atoms with Crippen LogP contribution in [0.1, 0.15) is 56.6 Å². The number of ketones is 1. The maximum Gasteiger partial charge on any atom is 0.337 e. The van der Waals surface area contributed by atoms with Crippen molar-refractivity contribution >= 4 is 11.8 Å². The van der Waals surface area contributed by atoms with Crippen molar-refractivity contribution in [3.05, 3.63) is 76.1 Å². The van der Waals surface area contributed by atoms with E-state index < -0.39 is 11.9 Å². The van der Waals surface area contributed by atoms with E-state index in [0.717, 1.165) is 11.3 Å². The van der Waals surface area contributed by atoms with Crippen molar-refractivity contribution in [3.8, 4) is 17.2 Å². The second-order valence-electron chi connectivity index (χ2n) is 9.18. The summed E-state index contributed by atoms with van der Waals surface area (Å²) in [5, 5.41) is 13.5. The summed E-state index contributed by atoms with van der Waals surface area (Å²) in [5.41, 5.74) is 4.02. The molecule has 2 aromatic carbocycles. The number of phenolic OH excluding ortho intramolecular Hbond substituents is 1. The van der Waals surface area contributed by atoms with Crippen LogP contribution in [0.25, 0.3) is 0 Å². The molecule has 2 N–H and O–H groups in total. The highest BCUT2D eigenvalue weighted by Gasteiger charge is 2.41. The van der Waals surface area contributed by atoms with E-state index in [4.69, 9.17) is 14.2 Å². The number of benzene rings is 2. The predicted octanol–water partition coefficient (Wildman–Crippen LogP) is 4.72. The molecule has 1 aliphatic heterocycles. The Bertz CT molecular complexity index is 1230. The van der Waals surface area contributed by atoms with E-state index in [2.05, 4.69) is 5.32 Å². The minimum absolute atomic E-state index is 0.0470. The monoisotopic (exact) mass is 477 g/mol. The number of nitrogens with one attached hydrogen (secondary N) is 1. The Morgan fingerprint density at radius 1 is 1.03 bits per heavy atom. The van der Waals surface area contributed by atoms with Crippen LogP contribution in [-0.2, 0) is 14.3 Å². The first kappa shape index (κ1) is 24.4. The minimum Gasteiger partial charge on any atom is -0.508 e. The largest absolute Gasteiger partial charge is 0.508 e. The number of hydrogen-bond donors (Lipinski definition) is 2. The van der Waals surface area contributed by atoms with Gasteiger partial charge in [0, 0.05) is 29.3 Å². The molecule has 0 fully saturated rings. The molecule has 1 heterocycles. The number of allylic oxidation sites excluding steroid dienone is 3. The summed E-state index contributed by atoms with van der Waals surface area (Å²) >= 11 is 0. The molecule has 2 aromatic rings. The van der Waals surface area contributed by atoms with E-state index in [1.807, 2.05) is 31.2 Å². The number of rotatable bonds is 6. The summed E-state index contributed by atoms with van der Waals surface area (Å²) in [4.78, 5) is 26.8. The number of methoxy groups -OCH3 is 2. The molecule has 2 aliphatic rings. The van der Waals surface area contributed by atoms with Crippen molar-refractivity contribution in [2.75, 3.05) is 14.2 Å². The van der Waals surface area contributed by atoms with Crippen LogP contribution >= 0.6 is 0 Å². The van der Waals surface area contributed by atoms with E-state index in [9.17, 15) is 14.7 Å². The van der Waals surface area contributed by atoms with E-state index in [0.29, 0.717) is 40.3 Å². The van der Waals surface area contributed by atoms with Crippen LogP contribution < -0.4 is 14.8 Å². The fraction of sp³-hybridized carbons (Fsp3) is 0.357. The molecule has 0 saturated heterocycles. The van der Waals surface area contributed by atoms with Crippen LogP contribution in [-0.4, -0.2) is 37.2 Å². The van der Waals surface area contributed by atoms with Crippen molar-refractivity contribution < 1.29 is 28.9 Å². The summed E-state index contributed by atoms with van der Waals surface area (Å²) in [6.45, 7) is 5.40. The maximum atomic E-state index is 13.7. The number of carbonyl (C=O) groups is 2. The summed E-state index contributed by atoms with van der Waals surface area (Å²) in [6, 6.07) is 12.4. The van der Waals surface area contributed by atoms with Gasteiger partial charge < -0.3 is 24.6 Å². The lowest BCUT2D eigenvalue weighted by molar-refractivity contribution is -0.143. The number of hydrogen-bond acceptors (Lipinski definition) is 7. The molecular formula is C28H31NO6. The van der Waals surface area contributed by atoms with Gasteiger partial charge in [-0.1, -0.05) is 18.2 Å². The van der Waals surface area contributed by atoms with Gasteiger partial charge in [-0.15, -0.1) is 0 Å². The molecule has 35 heavy (non-hydrogen) atoms.